The Morgan fingerprint density at radius 2 is 1.45 bits per heavy atom. The molecule has 0 unspecified atom stereocenters. The lowest BCUT2D eigenvalue weighted by molar-refractivity contribution is -0.434. The summed E-state index contributed by atoms with van der Waals surface area (Å²) in [5, 5.41) is 48.3. The van der Waals surface area contributed by atoms with Crippen molar-refractivity contribution in [3.05, 3.63) is 72.0 Å². The highest BCUT2D eigenvalue weighted by Gasteiger charge is 2.23. The van der Waals surface area contributed by atoms with E-state index in [4.69, 9.17) is 26.3 Å². The summed E-state index contributed by atoms with van der Waals surface area (Å²) in [7, 11) is -13.3. The topological polar surface area (TPSA) is 337 Å². The van der Waals surface area contributed by atoms with E-state index in [1.54, 1.807) is 0 Å². The molecule has 0 saturated heterocycles. The summed E-state index contributed by atoms with van der Waals surface area (Å²) in [5.74, 6) is -1.78. The van der Waals surface area contributed by atoms with Gasteiger partial charge in [-0.2, -0.15) is 36.9 Å². The molecule has 0 fully saturated rings. The minimum atomic E-state index is -4.90. The number of rotatable bonds is 18. The fourth-order valence-electron chi connectivity index (χ4n) is 4.52. The number of phenols is 1. The quantitative estimate of drug-likeness (QED) is 0.0133. The molecule has 29 heteroatoms. The van der Waals surface area contributed by atoms with Crippen LogP contribution in [0.1, 0.15) is 0 Å². The highest BCUT2D eigenvalue weighted by Crippen LogP contribution is 2.47. The van der Waals surface area contributed by atoms with Crippen molar-refractivity contribution in [2.24, 2.45) is 10.2 Å². The van der Waals surface area contributed by atoms with Gasteiger partial charge in [0.05, 0.1) is 55.4 Å². The minimum Gasteiger partial charge on any atom is -0.505 e. The van der Waals surface area contributed by atoms with Crippen LogP contribution in [0, 0.1) is 0 Å². The van der Waals surface area contributed by atoms with Gasteiger partial charge >= 0.3 is 0 Å². The second-order valence-electron chi connectivity index (χ2n) is 10.4. The molecule has 0 aliphatic carbocycles. The fraction of sp³-hybridized carbons (Fsp3) is 0.0741. The third-order valence-corrected chi connectivity index (χ3v) is 11.4. The third-order valence-electron chi connectivity index (χ3n) is 6.82. The molecule has 298 valence electrons. The molecule has 23 nitrogen and oxygen atoms in total. The Bertz CT molecular complexity index is 2610. The van der Waals surface area contributed by atoms with Crippen LogP contribution in [0.5, 0.6) is 5.75 Å². The van der Waals surface area contributed by atoms with E-state index in [0.717, 1.165) is 24.3 Å². The van der Waals surface area contributed by atoms with E-state index < -0.39 is 56.7 Å². The maximum Gasteiger partial charge on any atom is 0.294 e. The zero-order valence-corrected chi connectivity index (χ0v) is 32.0. The molecule has 1 heterocycles. The van der Waals surface area contributed by atoms with E-state index in [9.17, 15) is 39.5 Å². The van der Waals surface area contributed by atoms with Crippen LogP contribution in [0.4, 0.5) is 34.6 Å². The fourth-order valence-corrected chi connectivity index (χ4v) is 7.66. The van der Waals surface area contributed by atoms with E-state index in [1.807, 2.05) is 0 Å². The van der Waals surface area contributed by atoms with Crippen molar-refractivity contribution < 1.29 is 72.9 Å². The second-order valence-corrected chi connectivity index (χ2v) is 16.9. The SMILES string of the molecule is O=S(=O)(O)c1cccc(Nc2nc(Cl)nc(Nc3cc(S(=O)(=O)O)cc4cc(SOOO)c(N=Nc5ccc(S(=O)(=O)CCOSOOO)cc5)c(O)c34)n2)c1. The van der Waals surface area contributed by atoms with Crippen LogP contribution in [0.15, 0.2) is 96.5 Å². The summed E-state index contributed by atoms with van der Waals surface area (Å²) in [6, 6.07) is 13.0. The normalized spacial score (nSPS) is 12.4. The van der Waals surface area contributed by atoms with Crippen molar-refractivity contribution in [3.8, 4) is 5.75 Å². The Labute approximate surface area is 328 Å². The van der Waals surface area contributed by atoms with Gasteiger partial charge in [0, 0.05) is 11.1 Å². The highest BCUT2D eigenvalue weighted by atomic mass is 35.5. The Morgan fingerprint density at radius 1 is 0.768 bits per heavy atom. The van der Waals surface area contributed by atoms with Crippen LogP contribution in [-0.4, -0.2) is 77.3 Å². The van der Waals surface area contributed by atoms with Crippen LogP contribution in [0.3, 0.4) is 0 Å². The first kappa shape index (κ1) is 42.8. The van der Waals surface area contributed by atoms with Gasteiger partial charge < -0.3 is 15.7 Å². The number of sulfone groups is 1. The van der Waals surface area contributed by atoms with Gasteiger partial charge in [-0.15, -0.1) is 13.8 Å². The van der Waals surface area contributed by atoms with E-state index in [1.165, 1.54) is 42.5 Å². The predicted octanol–water partition coefficient (Wildman–Crippen LogP) is 5.98. The molecule has 0 radical (unpaired) electrons. The van der Waals surface area contributed by atoms with Gasteiger partial charge in [-0.3, -0.25) is 13.3 Å². The number of aromatic hydroxyl groups is 1. The summed E-state index contributed by atoms with van der Waals surface area (Å²) in [6.45, 7) is -0.325. The zero-order chi connectivity index (χ0) is 40.7. The summed E-state index contributed by atoms with van der Waals surface area (Å²) >= 11 is 6.63. The number of nitrogens with zero attached hydrogens (tertiary/aromatic N) is 5. The van der Waals surface area contributed by atoms with Crippen LogP contribution < -0.4 is 10.6 Å². The number of benzene rings is 4. The summed E-state index contributed by atoms with van der Waals surface area (Å²) in [5.41, 5.74) is -0.423. The van der Waals surface area contributed by atoms with E-state index >= 15 is 0 Å². The zero-order valence-electron chi connectivity index (χ0n) is 27.1. The van der Waals surface area contributed by atoms with E-state index in [2.05, 4.69) is 54.6 Å². The maximum absolute atomic E-state index is 12.6. The number of halogens is 1. The molecule has 0 aliphatic heterocycles. The minimum absolute atomic E-state index is 0.0731. The standard InChI is InChI=1S/C27H22ClN7O16S5/c28-25-31-26(29-16-2-1-3-18(12-16)55(41,42)43)33-27(32-25)30-20-13-19(56(44,45)46)10-14-11-21(52-50-48-37)23(24(36)22(14)20)35-34-15-4-6-17(7-5-15)54(39,40)9-8-47-53-51-49-38/h1-7,10-13,36-38H,8-9H2,(H,41,42,43)(H,44,45,46)(H2,29,30,31,32,33). The number of phenolic OH excluding ortho intramolecular Hbond substituents is 1. The van der Waals surface area contributed by atoms with E-state index in [-0.39, 0.29) is 74.1 Å². The smallest absolute Gasteiger partial charge is 0.294 e. The Balaban J connectivity index is 1.53. The molecular weight excluding hydrogens is 874 g/mol. The van der Waals surface area contributed by atoms with Crippen LogP contribution in [0.25, 0.3) is 10.8 Å². The molecule has 56 heavy (non-hydrogen) atoms. The number of fused-ring (bicyclic) bond motifs is 1. The molecule has 0 atom stereocenters. The number of hydrogen-bond donors (Lipinski definition) is 7. The van der Waals surface area contributed by atoms with Crippen molar-refractivity contribution in [3.63, 3.8) is 0 Å². The molecular formula is C27H22ClN7O16S5. The summed E-state index contributed by atoms with van der Waals surface area (Å²) in [4.78, 5) is 10.6. The van der Waals surface area contributed by atoms with E-state index in [0.29, 0.717) is 12.0 Å². The van der Waals surface area contributed by atoms with Crippen LogP contribution in [0.2, 0.25) is 5.28 Å². The van der Waals surface area contributed by atoms with Gasteiger partial charge in [0.2, 0.25) is 17.2 Å². The lowest BCUT2D eigenvalue weighted by Crippen LogP contribution is -2.10. The lowest BCUT2D eigenvalue weighted by atomic mass is 10.1. The van der Waals surface area contributed by atoms with Gasteiger partial charge in [-0.05, 0) is 77.7 Å². The summed E-state index contributed by atoms with van der Waals surface area (Å²) < 4.78 is 106. The molecule has 4 aromatic carbocycles. The van der Waals surface area contributed by atoms with Crippen LogP contribution in [-0.2, 0) is 53.0 Å². The molecule has 5 aromatic rings. The number of azo groups is 1. The first-order valence-electron chi connectivity index (χ1n) is 14.5. The molecule has 5 rings (SSSR count). The molecule has 1 aromatic heterocycles. The lowest BCUT2D eigenvalue weighted by Gasteiger charge is -2.15. The van der Waals surface area contributed by atoms with Crippen molar-refractivity contribution in [2.75, 3.05) is 23.0 Å². The van der Waals surface area contributed by atoms with Gasteiger partial charge in [-0.1, -0.05) is 16.1 Å². The van der Waals surface area contributed by atoms with Gasteiger partial charge in [0.25, 0.3) is 20.2 Å². The Morgan fingerprint density at radius 3 is 2.11 bits per heavy atom. The second kappa shape index (κ2) is 18.3. The van der Waals surface area contributed by atoms with Crippen molar-refractivity contribution in [1.82, 2.24) is 15.0 Å². The van der Waals surface area contributed by atoms with Crippen molar-refractivity contribution >= 4 is 111 Å². The number of aromatic nitrogens is 3. The average molecular weight is 896 g/mol. The Kier molecular flexibility index (Phi) is 13.9. The summed E-state index contributed by atoms with van der Waals surface area (Å²) in [6.07, 6.45) is 0. The molecule has 0 saturated carbocycles. The van der Waals surface area contributed by atoms with Gasteiger partial charge in [0.15, 0.2) is 27.9 Å². The predicted molar refractivity (Wildman–Crippen MR) is 195 cm³/mol. The molecule has 0 amide bonds. The first-order valence-corrected chi connectivity index (χ1v) is 20.8. The van der Waals surface area contributed by atoms with Crippen molar-refractivity contribution in [2.45, 2.75) is 19.6 Å². The number of nitrogens with one attached hydrogen (secondary N) is 2. The monoisotopic (exact) mass is 895 g/mol. The molecule has 0 spiro atoms. The Hall–Kier alpha value is -4.37. The van der Waals surface area contributed by atoms with Crippen LogP contribution >= 0.6 is 36.0 Å². The first-order chi connectivity index (χ1) is 26.5. The van der Waals surface area contributed by atoms with Crippen molar-refractivity contribution in [1.29, 1.82) is 0 Å². The maximum atomic E-state index is 12.6. The van der Waals surface area contributed by atoms with Gasteiger partial charge in [-0.25, -0.2) is 18.9 Å². The largest absolute Gasteiger partial charge is 0.505 e. The third kappa shape index (κ3) is 11.1. The van der Waals surface area contributed by atoms with Gasteiger partial charge in [0.1, 0.15) is 5.69 Å². The number of anilines is 4. The average Bonchev–Trinajstić information content (AvgIpc) is 3.12. The highest BCUT2D eigenvalue weighted by molar-refractivity contribution is 7.94. The molecule has 0 bridgehead atoms. The molecule has 7 N–H and O–H groups in total. The molecule has 0 aliphatic rings. The number of hydrogen-bond acceptors (Lipinski definition) is 23.